The first-order valence-electron chi connectivity index (χ1n) is 7.63. The third-order valence-corrected chi connectivity index (χ3v) is 5.23. The molecule has 10 heteroatoms. The van der Waals surface area contributed by atoms with E-state index in [0.717, 1.165) is 17.6 Å². The number of benzene rings is 1. The molecule has 0 saturated carbocycles. The minimum atomic E-state index is -3.26. The number of aromatic carboxylic acids is 1. The Bertz CT molecular complexity index is 1170. The van der Waals surface area contributed by atoms with Crippen molar-refractivity contribution in [1.29, 1.82) is 0 Å². The molecule has 8 nitrogen and oxygen atoms in total. The molecule has 0 atom stereocenters. The van der Waals surface area contributed by atoms with E-state index in [1.807, 2.05) is 0 Å². The number of ether oxygens (including phenoxy) is 1. The molecular formula is C17H15NO7S2. The Morgan fingerprint density at radius 3 is 2.48 bits per heavy atom. The molecule has 2 heterocycles. The van der Waals surface area contributed by atoms with Crippen LogP contribution >= 0.6 is 11.3 Å². The quantitative estimate of drug-likeness (QED) is 0.637. The lowest BCUT2D eigenvalue weighted by Gasteiger charge is -2.11. The molecular weight excluding hydrogens is 394 g/mol. The number of sulfone groups is 1. The lowest BCUT2D eigenvalue weighted by atomic mass is 10.1. The van der Waals surface area contributed by atoms with Gasteiger partial charge in [-0.15, -0.1) is 11.3 Å². The monoisotopic (exact) mass is 409 g/mol. The second kappa shape index (κ2) is 7.05. The van der Waals surface area contributed by atoms with Gasteiger partial charge in [0.2, 0.25) is 0 Å². The van der Waals surface area contributed by atoms with Crippen LogP contribution in [0, 0.1) is 0 Å². The van der Waals surface area contributed by atoms with Crippen LogP contribution in [-0.2, 0) is 16.4 Å². The van der Waals surface area contributed by atoms with Crippen molar-refractivity contribution in [2.24, 2.45) is 0 Å². The van der Waals surface area contributed by atoms with Gasteiger partial charge >= 0.3 is 5.97 Å². The maximum atomic E-state index is 12.5. The second-order valence-electron chi connectivity index (χ2n) is 5.89. The number of rotatable bonds is 6. The Morgan fingerprint density at radius 1 is 1.22 bits per heavy atom. The highest BCUT2D eigenvalue weighted by Crippen LogP contribution is 2.29. The summed E-state index contributed by atoms with van der Waals surface area (Å²) >= 11 is 1.12. The molecule has 0 saturated heterocycles. The van der Waals surface area contributed by atoms with Crippen LogP contribution in [-0.4, -0.2) is 41.4 Å². The highest BCUT2D eigenvalue weighted by atomic mass is 32.2. The average molecular weight is 409 g/mol. The molecule has 142 valence electrons. The van der Waals surface area contributed by atoms with E-state index in [1.54, 1.807) is 35.7 Å². The van der Waals surface area contributed by atoms with Gasteiger partial charge in [0.25, 0.3) is 5.56 Å². The fraction of sp³-hybridized carbons (Fsp3) is 0.176. The number of hydrogen-bond acceptors (Lipinski definition) is 7. The normalized spacial score (nSPS) is 11.6. The number of carboxylic acids is 1. The minimum Gasteiger partial charge on any atom is -0.502 e. The summed E-state index contributed by atoms with van der Waals surface area (Å²) in [5.41, 5.74) is -0.0853. The number of fused-ring (bicyclic) bond motifs is 1. The van der Waals surface area contributed by atoms with E-state index >= 15 is 0 Å². The van der Waals surface area contributed by atoms with Gasteiger partial charge in [0, 0.05) is 6.26 Å². The third kappa shape index (κ3) is 3.96. The smallest absolute Gasteiger partial charge is 0.341 e. The minimum absolute atomic E-state index is 0.103. The van der Waals surface area contributed by atoms with Crippen LogP contribution in [0.3, 0.4) is 0 Å². The SMILES string of the molecule is CS(=O)(=O)COc1ccc(Cn2c(=O)c(O)c(C(=O)O)c3sccc32)cc1. The Kier molecular flexibility index (Phi) is 4.94. The average Bonchev–Trinajstić information content (AvgIpc) is 3.06. The predicted molar refractivity (Wildman–Crippen MR) is 101 cm³/mol. The van der Waals surface area contributed by atoms with E-state index in [1.165, 1.54) is 4.57 Å². The molecule has 27 heavy (non-hydrogen) atoms. The lowest BCUT2D eigenvalue weighted by molar-refractivity contribution is 0.0695. The first kappa shape index (κ1) is 18.9. The van der Waals surface area contributed by atoms with E-state index < -0.39 is 38.6 Å². The van der Waals surface area contributed by atoms with Gasteiger partial charge < -0.3 is 14.9 Å². The number of aromatic hydroxyl groups is 1. The first-order valence-corrected chi connectivity index (χ1v) is 10.6. The molecule has 0 aliphatic carbocycles. The summed E-state index contributed by atoms with van der Waals surface area (Å²) in [6, 6.07) is 8.08. The number of pyridine rings is 1. The molecule has 3 aromatic rings. The number of nitrogens with zero attached hydrogens (tertiary/aromatic N) is 1. The number of hydrogen-bond donors (Lipinski definition) is 2. The lowest BCUT2D eigenvalue weighted by Crippen LogP contribution is -2.22. The van der Waals surface area contributed by atoms with Crippen molar-refractivity contribution >= 4 is 37.4 Å². The molecule has 2 aromatic heterocycles. The molecule has 0 spiro atoms. The van der Waals surface area contributed by atoms with Crippen molar-refractivity contribution in [3.63, 3.8) is 0 Å². The van der Waals surface area contributed by atoms with E-state index in [9.17, 15) is 28.2 Å². The molecule has 0 unspecified atom stereocenters. The van der Waals surface area contributed by atoms with Gasteiger partial charge in [-0.25, -0.2) is 13.2 Å². The number of aromatic nitrogens is 1. The third-order valence-electron chi connectivity index (χ3n) is 3.76. The van der Waals surface area contributed by atoms with Crippen molar-refractivity contribution in [1.82, 2.24) is 4.57 Å². The van der Waals surface area contributed by atoms with Crippen LogP contribution in [0.5, 0.6) is 11.5 Å². The van der Waals surface area contributed by atoms with Gasteiger partial charge in [-0.05, 0) is 29.1 Å². The summed E-state index contributed by atoms with van der Waals surface area (Å²) in [5, 5.41) is 21.0. The summed E-state index contributed by atoms with van der Waals surface area (Å²) in [7, 11) is -3.26. The topological polar surface area (TPSA) is 123 Å². The number of carboxylic acid groups (broad SMARTS) is 1. The number of carbonyl (C=O) groups is 1. The van der Waals surface area contributed by atoms with Gasteiger partial charge in [0.15, 0.2) is 21.5 Å². The first-order chi connectivity index (χ1) is 12.7. The summed E-state index contributed by atoms with van der Waals surface area (Å²) < 4.78 is 29.0. The van der Waals surface area contributed by atoms with E-state index in [4.69, 9.17) is 4.74 Å². The van der Waals surface area contributed by atoms with Crippen LogP contribution in [0.4, 0.5) is 0 Å². The van der Waals surface area contributed by atoms with Gasteiger partial charge in [0.1, 0.15) is 11.3 Å². The zero-order chi connectivity index (χ0) is 19.8. The zero-order valence-electron chi connectivity index (χ0n) is 14.1. The zero-order valence-corrected chi connectivity index (χ0v) is 15.7. The number of thiophene rings is 1. The largest absolute Gasteiger partial charge is 0.502 e. The Balaban J connectivity index is 1.95. The molecule has 2 N–H and O–H groups in total. The van der Waals surface area contributed by atoms with Gasteiger partial charge in [-0.3, -0.25) is 9.36 Å². The Labute approximate surface area is 157 Å². The van der Waals surface area contributed by atoms with E-state index in [-0.39, 0.29) is 6.54 Å². The van der Waals surface area contributed by atoms with Gasteiger partial charge in [0.05, 0.1) is 16.8 Å². The fourth-order valence-corrected chi connectivity index (χ4v) is 3.84. The summed E-state index contributed by atoms with van der Waals surface area (Å²) in [5.74, 6) is -2.24. The van der Waals surface area contributed by atoms with E-state index in [0.29, 0.717) is 21.5 Å². The molecule has 1 aromatic carbocycles. The van der Waals surface area contributed by atoms with Crippen molar-refractivity contribution in [3.05, 3.63) is 57.2 Å². The van der Waals surface area contributed by atoms with Crippen molar-refractivity contribution < 1.29 is 28.2 Å². The summed E-state index contributed by atoms with van der Waals surface area (Å²) in [4.78, 5) is 23.8. The molecule has 0 amide bonds. The molecule has 0 bridgehead atoms. The molecule has 0 radical (unpaired) electrons. The van der Waals surface area contributed by atoms with Crippen LogP contribution in [0.2, 0.25) is 0 Å². The predicted octanol–water partition coefficient (Wildman–Crippen LogP) is 1.90. The molecule has 0 fully saturated rings. The fourth-order valence-electron chi connectivity index (χ4n) is 2.56. The van der Waals surface area contributed by atoms with Gasteiger partial charge in [-0.1, -0.05) is 12.1 Å². The molecule has 0 aliphatic rings. The van der Waals surface area contributed by atoms with Gasteiger partial charge in [-0.2, -0.15) is 0 Å². The summed E-state index contributed by atoms with van der Waals surface area (Å²) in [6.45, 7) is 0.103. The Morgan fingerprint density at radius 2 is 1.89 bits per heavy atom. The van der Waals surface area contributed by atoms with Crippen LogP contribution in [0.15, 0.2) is 40.5 Å². The maximum Gasteiger partial charge on any atom is 0.341 e. The van der Waals surface area contributed by atoms with Crippen LogP contribution < -0.4 is 10.3 Å². The standard InChI is InChI=1S/C17H15NO7S2/c1-27(23,24)9-25-11-4-2-10(3-5-11)8-18-12-6-7-26-15(12)13(17(21)22)14(19)16(18)20/h2-7,19H,8-9H2,1H3,(H,21,22). The van der Waals surface area contributed by atoms with E-state index in [2.05, 4.69) is 0 Å². The van der Waals surface area contributed by atoms with Crippen molar-refractivity contribution in [2.45, 2.75) is 6.54 Å². The van der Waals surface area contributed by atoms with Crippen LogP contribution in [0.25, 0.3) is 10.2 Å². The Hall–Kier alpha value is -2.85. The molecule has 3 rings (SSSR count). The van der Waals surface area contributed by atoms with Crippen molar-refractivity contribution in [2.75, 3.05) is 12.2 Å². The summed E-state index contributed by atoms with van der Waals surface area (Å²) in [6.07, 6.45) is 1.06. The van der Waals surface area contributed by atoms with Crippen molar-refractivity contribution in [3.8, 4) is 11.5 Å². The van der Waals surface area contributed by atoms with Crippen LogP contribution in [0.1, 0.15) is 15.9 Å². The maximum absolute atomic E-state index is 12.5. The second-order valence-corrected chi connectivity index (χ2v) is 8.89. The highest BCUT2D eigenvalue weighted by Gasteiger charge is 2.22. The molecule has 0 aliphatic heterocycles. The highest BCUT2D eigenvalue weighted by molar-refractivity contribution is 7.90.